The Morgan fingerprint density at radius 2 is 1.90 bits per heavy atom. The Bertz CT molecular complexity index is 829. The highest BCUT2D eigenvalue weighted by Gasteiger charge is 2.39. The van der Waals surface area contributed by atoms with Crippen LogP contribution in [0.1, 0.15) is 55.8 Å². The number of hydrogen-bond acceptors (Lipinski definition) is 5. The molecule has 0 aromatic carbocycles. The Hall–Kier alpha value is -1.94. The fourth-order valence-corrected chi connectivity index (χ4v) is 5.86. The van der Waals surface area contributed by atoms with Crippen molar-refractivity contribution in [1.29, 1.82) is 0 Å². The van der Waals surface area contributed by atoms with Crippen LogP contribution in [0.2, 0.25) is 0 Å². The maximum absolute atomic E-state index is 13.1. The summed E-state index contributed by atoms with van der Waals surface area (Å²) < 4.78 is 28.2. The Morgan fingerprint density at radius 1 is 1.17 bits per heavy atom. The van der Waals surface area contributed by atoms with E-state index in [1.54, 1.807) is 22.8 Å². The molecular formula is C19H31N5O4S. The minimum atomic E-state index is -3.40. The summed E-state index contributed by atoms with van der Waals surface area (Å²) in [5, 5.41) is 7.01. The molecule has 29 heavy (non-hydrogen) atoms. The second kappa shape index (κ2) is 9.25. The Kier molecular flexibility index (Phi) is 6.94. The normalized spacial score (nSPS) is 21.9. The number of amides is 2. The number of nitrogens with zero attached hydrogens (tertiary/aromatic N) is 4. The zero-order valence-corrected chi connectivity index (χ0v) is 18.0. The quantitative estimate of drug-likeness (QED) is 0.724. The third-order valence-corrected chi connectivity index (χ3v) is 7.74. The third-order valence-electron chi connectivity index (χ3n) is 5.67. The standard InChI is InChI=1S/C19H31N5O4S/c1-3-12-29(27,28)24-9-5-4-6-17(24)19(26)23-10-7-16(8-11-23)21-18(25)15-13-20-22(2)14-15/h13-14,16-17H,3-12H2,1-2H3,(H,21,25). The van der Waals surface area contributed by atoms with Crippen molar-refractivity contribution < 1.29 is 18.0 Å². The van der Waals surface area contributed by atoms with Crippen molar-refractivity contribution in [1.82, 2.24) is 24.3 Å². The van der Waals surface area contributed by atoms with Gasteiger partial charge in [0.05, 0.1) is 17.5 Å². The number of hydrogen-bond donors (Lipinski definition) is 1. The summed E-state index contributed by atoms with van der Waals surface area (Å²) in [5.74, 6) is -0.174. The Morgan fingerprint density at radius 3 is 2.52 bits per heavy atom. The highest BCUT2D eigenvalue weighted by molar-refractivity contribution is 7.89. The zero-order chi connectivity index (χ0) is 21.0. The molecule has 162 valence electrons. The van der Waals surface area contributed by atoms with Crippen molar-refractivity contribution in [2.75, 3.05) is 25.4 Å². The van der Waals surface area contributed by atoms with Gasteiger partial charge in [0.1, 0.15) is 6.04 Å². The molecule has 1 atom stereocenters. The number of rotatable bonds is 6. The first-order chi connectivity index (χ1) is 13.8. The molecule has 0 aliphatic carbocycles. The molecule has 2 aliphatic rings. The monoisotopic (exact) mass is 425 g/mol. The van der Waals surface area contributed by atoms with Crippen molar-refractivity contribution in [3.8, 4) is 0 Å². The van der Waals surface area contributed by atoms with E-state index in [9.17, 15) is 18.0 Å². The van der Waals surface area contributed by atoms with E-state index < -0.39 is 16.1 Å². The first kappa shape index (κ1) is 21.8. The second-order valence-corrected chi connectivity index (χ2v) is 9.96. The molecule has 0 spiro atoms. The molecule has 1 aromatic heterocycles. The number of aryl methyl sites for hydroxylation is 1. The predicted molar refractivity (Wildman–Crippen MR) is 109 cm³/mol. The zero-order valence-electron chi connectivity index (χ0n) is 17.2. The van der Waals surface area contributed by atoms with Gasteiger partial charge in [-0.2, -0.15) is 9.40 Å². The number of likely N-dealkylation sites (tertiary alicyclic amines) is 1. The van der Waals surface area contributed by atoms with Crippen LogP contribution in [0.25, 0.3) is 0 Å². The summed E-state index contributed by atoms with van der Waals surface area (Å²) in [6, 6.07) is -0.583. The van der Waals surface area contributed by atoms with Gasteiger partial charge in [-0.15, -0.1) is 0 Å². The molecule has 0 bridgehead atoms. The van der Waals surface area contributed by atoms with Crippen molar-refractivity contribution >= 4 is 21.8 Å². The lowest BCUT2D eigenvalue weighted by atomic mass is 10.00. The summed E-state index contributed by atoms with van der Waals surface area (Å²) in [4.78, 5) is 27.1. The van der Waals surface area contributed by atoms with E-state index >= 15 is 0 Å². The van der Waals surface area contributed by atoms with Gasteiger partial charge >= 0.3 is 0 Å². The lowest BCUT2D eigenvalue weighted by Crippen LogP contribution is -2.56. The van der Waals surface area contributed by atoms with Crippen molar-refractivity contribution in [3.63, 3.8) is 0 Å². The summed E-state index contributed by atoms with van der Waals surface area (Å²) in [6.07, 6.45) is 7.31. The van der Waals surface area contributed by atoms with Gasteiger partial charge in [0.25, 0.3) is 5.91 Å². The van der Waals surface area contributed by atoms with Crippen LogP contribution in [-0.4, -0.2) is 76.7 Å². The predicted octanol–water partition coefficient (Wildman–Crippen LogP) is 0.735. The molecule has 1 N–H and O–H groups in total. The van der Waals surface area contributed by atoms with Crippen LogP contribution in [0.5, 0.6) is 0 Å². The van der Waals surface area contributed by atoms with Crippen LogP contribution in [-0.2, 0) is 21.9 Å². The van der Waals surface area contributed by atoms with E-state index in [1.165, 1.54) is 10.5 Å². The molecule has 1 aromatic rings. The molecule has 10 heteroatoms. The van der Waals surface area contributed by atoms with Gasteiger partial charge in [0, 0.05) is 38.9 Å². The van der Waals surface area contributed by atoms with Crippen molar-refractivity contribution in [3.05, 3.63) is 18.0 Å². The van der Waals surface area contributed by atoms with Gasteiger partial charge in [-0.1, -0.05) is 13.3 Å². The first-order valence-electron chi connectivity index (χ1n) is 10.4. The molecule has 3 heterocycles. The first-order valence-corrected chi connectivity index (χ1v) is 12.0. The van der Waals surface area contributed by atoms with Gasteiger partial charge in [-0.3, -0.25) is 14.3 Å². The molecule has 3 rings (SSSR count). The minimum absolute atomic E-state index is 0.00182. The molecule has 0 saturated carbocycles. The number of nitrogens with one attached hydrogen (secondary N) is 1. The van der Waals surface area contributed by atoms with Gasteiger partial charge < -0.3 is 10.2 Å². The van der Waals surface area contributed by atoms with E-state index in [2.05, 4.69) is 10.4 Å². The minimum Gasteiger partial charge on any atom is -0.349 e. The van der Waals surface area contributed by atoms with Crippen molar-refractivity contribution in [2.45, 2.75) is 57.5 Å². The van der Waals surface area contributed by atoms with E-state index in [-0.39, 0.29) is 23.6 Å². The lowest BCUT2D eigenvalue weighted by Gasteiger charge is -2.39. The maximum Gasteiger partial charge on any atom is 0.254 e. The van der Waals surface area contributed by atoms with E-state index in [0.29, 0.717) is 50.9 Å². The van der Waals surface area contributed by atoms with Gasteiger partial charge in [0.2, 0.25) is 15.9 Å². The Labute approximate surface area is 172 Å². The second-order valence-electron chi connectivity index (χ2n) is 7.91. The number of piperidine rings is 2. The van der Waals surface area contributed by atoms with E-state index in [0.717, 1.165) is 12.8 Å². The molecule has 0 radical (unpaired) electrons. The molecule has 9 nitrogen and oxygen atoms in total. The fourth-order valence-electron chi connectivity index (χ4n) is 4.12. The molecule has 2 amide bonds. The average Bonchev–Trinajstić information content (AvgIpc) is 3.14. The topological polar surface area (TPSA) is 105 Å². The van der Waals surface area contributed by atoms with Crippen molar-refractivity contribution in [2.24, 2.45) is 7.05 Å². The summed E-state index contributed by atoms with van der Waals surface area (Å²) in [7, 11) is -1.64. The summed E-state index contributed by atoms with van der Waals surface area (Å²) >= 11 is 0. The Balaban J connectivity index is 1.56. The summed E-state index contributed by atoms with van der Waals surface area (Å²) in [5.41, 5.74) is 0.519. The van der Waals surface area contributed by atoms with Crippen LogP contribution >= 0.6 is 0 Å². The van der Waals surface area contributed by atoms with Crippen LogP contribution in [0, 0.1) is 0 Å². The summed E-state index contributed by atoms with van der Waals surface area (Å²) in [6.45, 7) is 3.31. The van der Waals surface area contributed by atoms with Crippen LogP contribution < -0.4 is 5.32 Å². The number of aromatic nitrogens is 2. The highest BCUT2D eigenvalue weighted by Crippen LogP contribution is 2.24. The SMILES string of the molecule is CCCS(=O)(=O)N1CCCCC1C(=O)N1CCC(NC(=O)c2cnn(C)c2)CC1. The van der Waals surface area contributed by atoms with Crippen LogP contribution in [0.4, 0.5) is 0 Å². The van der Waals surface area contributed by atoms with E-state index in [1.807, 2.05) is 6.92 Å². The molecule has 2 saturated heterocycles. The molecule has 2 aliphatic heterocycles. The number of carbonyl (C=O) groups excluding carboxylic acids is 2. The number of carbonyl (C=O) groups is 2. The molecular weight excluding hydrogens is 394 g/mol. The van der Waals surface area contributed by atoms with Crippen LogP contribution in [0.3, 0.4) is 0 Å². The van der Waals surface area contributed by atoms with Gasteiger partial charge in [-0.05, 0) is 32.1 Å². The third kappa shape index (κ3) is 5.16. The highest BCUT2D eigenvalue weighted by atomic mass is 32.2. The average molecular weight is 426 g/mol. The van der Waals surface area contributed by atoms with E-state index in [4.69, 9.17) is 0 Å². The molecule has 1 unspecified atom stereocenters. The molecule has 2 fully saturated rings. The fraction of sp³-hybridized carbons (Fsp3) is 0.737. The smallest absolute Gasteiger partial charge is 0.254 e. The lowest BCUT2D eigenvalue weighted by molar-refractivity contribution is -0.137. The van der Waals surface area contributed by atoms with Crippen LogP contribution in [0.15, 0.2) is 12.4 Å². The number of sulfonamides is 1. The van der Waals surface area contributed by atoms with Gasteiger partial charge in [0.15, 0.2) is 0 Å². The largest absolute Gasteiger partial charge is 0.349 e. The van der Waals surface area contributed by atoms with Gasteiger partial charge in [-0.25, -0.2) is 8.42 Å². The maximum atomic E-state index is 13.1.